The molecule has 8 heteroatoms. The Kier molecular flexibility index (Phi) is 7.97. The highest BCUT2D eigenvalue weighted by atomic mass is 32.2. The summed E-state index contributed by atoms with van der Waals surface area (Å²) in [6.45, 7) is 2.58. The molecule has 33 heavy (non-hydrogen) atoms. The van der Waals surface area contributed by atoms with Gasteiger partial charge >= 0.3 is 5.97 Å². The number of hydrogen-bond acceptors (Lipinski definition) is 5. The molecule has 7 nitrogen and oxygen atoms in total. The van der Waals surface area contributed by atoms with Gasteiger partial charge in [0.25, 0.3) is 5.91 Å². The topological polar surface area (TPSA) is 102 Å². The number of sulfonamides is 1. The van der Waals surface area contributed by atoms with Gasteiger partial charge in [-0.15, -0.1) is 0 Å². The average molecular weight is 467 g/mol. The van der Waals surface area contributed by atoms with Crippen molar-refractivity contribution in [2.24, 2.45) is 0 Å². The lowest BCUT2D eigenvalue weighted by atomic mass is 10.0. The smallest absolute Gasteiger partial charge is 0.321 e. The van der Waals surface area contributed by atoms with E-state index in [-0.39, 0.29) is 4.90 Å². The minimum Gasteiger partial charge on any atom is -0.455 e. The van der Waals surface area contributed by atoms with Crippen LogP contribution in [0, 0.1) is 13.8 Å². The molecule has 0 bridgehead atoms. The molecule has 3 aromatic carbocycles. The lowest BCUT2D eigenvalue weighted by Crippen LogP contribution is -2.32. The number of amides is 1. The Labute approximate surface area is 193 Å². The second-order valence-corrected chi connectivity index (χ2v) is 9.37. The van der Waals surface area contributed by atoms with E-state index in [2.05, 4.69) is 10.0 Å². The highest BCUT2D eigenvalue weighted by Crippen LogP contribution is 2.19. The van der Waals surface area contributed by atoms with Gasteiger partial charge in [0.15, 0.2) is 6.61 Å². The van der Waals surface area contributed by atoms with Crippen LogP contribution in [0.1, 0.15) is 22.3 Å². The van der Waals surface area contributed by atoms with Gasteiger partial charge in [-0.25, -0.2) is 8.42 Å². The van der Waals surface area contributed by atoms with Crippen LogP contribution >= 0.6 is 0 Å². The number of esters is 1. The van der Waals surface area contributed by atoms with Crippen molar-refractivity contribution >= 4 is 27.6 Å². The zero-order valence-electron chi connectivity index (χ0n) is 18.5. The number of aryl methyl sites for hydroxylation is 2. The molecule has 0 fully saturated rings. The second kappa shape index (κ2) is 10.9. The summed E-state index contributed by atoms with van der Waals surface area (Å²) in [5.74, 6) is -1.36. The van der Waals surface area contributed by atoms with Crippen LogP contribution in [0.25, 0.3) is 0 Å². The SMILES string of the molecule is Cc1ccc(S(=O)(=O)NCC(=O)OCC(=O)Nc2ccccc2Cc2ccccc2)cc1C. The number of hydrogen-bond donors (Lipinski definition) is 2. The number of benzene rings is 3. The lowest BCUT2D eigenvalue weighted by Gasteiger charge is -2.12. The molecule has 1 amide bonds. The van der Waals surface area contributed by atoms with Gasteiger partial charge in [0.1, 0.15) is 6.54 Å². The summed E-state index contributed by atoms with van der Waals surface area (Å²) in [4.78, 5) is 24.3. The summed E-state index contributed by atoms with van der Waals surface area (Å²) in [6.07, 6.45) is 0.636. The number of carbonyl (C=O) groups excluding carboxylic acids is 2. The summed E-state index contributed by atoms with van der Waals surface area (Å²) in [5.41, 5.74) is 4.43. The third-order valence-electron chi connectivity index (χ3n) is 5.09. The zero-order valence-corrected chi connectivity index (χ0v) is 19.3. The Morgan fingerprint density at radius 2 is 1.58 bits per heavy atom. The Morgan fingerprint density at radius 1 is 0.879 bits per heavy atom. The Bertz CT molecular complexity index is 1240. The van der Waals surface area contributed by atoms with Gasteiger partial charge in [-0.1, -0.05) is 54.6 Å². The molecule has 0 saturated heterocycles. The molecule has 0 saturated carbocycles. The van der Waals surface area contributed by atoms with Crippen molar-refractivity contribution in [1.82, 2.24) is 4.72 Å². The van der Waals surface area contributed by atoms with E-state index < -0.39 is 35.1 Å². The van der Waals surface area contributed by atoms with Gasteiger partial charge in [0, 0.05) is 5.69 Å². The molecule has 0 aromatic heterocycles. The van der Waals surface area contributed by atoms with Gasteiger partial charge in [-0.2, -0.15) is 4.72 Å². The lowest BCUT2D eigenvalue weighted by molar-refractivity contribution is -0.146. The van der Waals surface area contributed by atoms with Crippen LogP contribution in [-0.2, 0) is 30.8 Å². The third kappa shape index (κ3) is 7.00. The van der Waals surface area contributed by atoms with Crippen molar-refractivity contribution < 1.29 is 22.7 Å². The number of ether oxygens (including phenoxy) is 1. The van der Waals surface area contributed by atoms with E-state index in [1.54, 1.807) is 25.1 Å². The summed E-state index contributed by atoms with van der Waals surface area (Å²) in [5, 5.41) is 2.74. The molecule has 0 unspecified atom stereocenters. The Balaban J connectivity index is 1.51. The van der Waals surface area contributed by atoms with Crippen molar-refractivity contribution in [3.8, 4) is 0 Å². The number of rotatable bonds is 9. The third-order valence-corrected chi connectivity index (χ3v) is 6.49. The van der Waals surface area contributed by atoms with Crippen molar-refractivity contribution in [3.63, 3.8) is 0 Å². The maximum absolute atomic E-state index is 12.4. The maximum Gasteiger partial charge on any atom is 0.321 e. The molecular weight excluding hydrogens is 440 g/mol. The van der Waals surface area contributed by atoms with Crippen LogP contribution in [0.3, 0.4) is 0 Å². The largest absolute Gasteiger partial charge is 0.455 e. The van der Waals surface area contributed by atoms with E-state index in [9.17, 15) is 18.0 Å². The van der Waals surface area contributed by atoms with Gasteiger partial charge in [0.05, 0.1) is 4.90 Å². The summed E-state index contributed by atoms with van der Waals surface area (Å²) in [7, 11) is -3.87. The molecule has 0 atom stereocenters. The highest BCUT2D eigenvalue weighted by Gasteiger charge is 2.17. The van der Waals surface area contributed by atoms with Gasteiger partial charge in [-0.05, 0) is 60.7 Å². The van der Waals surface area contributed by atoms with Crippen LogP contribution in [0.4, 0.5) is 5.69 Å². The number of carbonyl (C=O) groups is 2. The normalized spacial score (nSPS) is 11.1. The first-order chi connectivity index (χ1) is 15.7. The van der Waals surface area contributed by atoms with E-state index in [4.69, 9.17) is 4.74 Å². The maximum atomic E-state index is 12.4. The van der Waals surface area contributed by atoms with Gasteiger partial charge in [0.2, 0.25) is 10.0 Å². The monoisotopic (exact) mass is 466 g/mol. The minimum absolute atomic E-state index is 0.0613. The summed E-state index contributed by atoms with van der Waals surface area (Å²) in [6, 6.07) is 21.9. The molecule has 0 spiro atoms. The van der Waals surface area contributed by atoms with Gasteiger partial charge < -0.3 is 10.1 Å². The fourth-order valence-corrected chi connectivity index (χ4v) is 4.17. The van der Waals surface area contributed by atoms with Crippen molar-refractivity contribution in [1.29, 1.82) is 0 Å². The first-order valence-corrected chi connectivity index (χ1v) is 11.9. The minimum atomic E-state index is -3.87. The molecule has 0 aliphatic carbocycles. The molecule has 172 valence electrons. The molecule has 0 aliphatic rings. The Hall–Kier alpha value is -3.49. The predicted octanol–water partition coefficient (Wildman–Crippen LogP) is 3.35. The highest BCUT2D eigenvalue weighted by molar-refractivity contribution is 7.89. The molecule has 2 N–H and O–H groups in total. The first-order valence-electron chi connectivity index (χ1n) is 10.4. The summed E-state index contributed by atoms with van der Waals surface area (Å²) >= 11 is 0. The average Bonchev–Trinajstić information content (AvgIpc) is 2.80. The Morgan fingerprint density at radius 3 is 2.30 bits per heavy atom. The molecular formula is C25H26N2O5S. The molecule has 3 aromatic rings. The zero-order chi connectivity index (χ0) is 23.8. The molecule has 3 rings (SSSR count). The van der Waals surface area contributed by atoms with Crippen LogP contribution in [-0.4, -0.2) is 33.4 Å². The van der Waals surface area contributed by atoms with Crippen LogP contribution in [0.5, 0.6) is 0 Å². The molecule has 0 radical (unpaired) electrons. The predicted molar refractivity (Wildman–Crippen MR) is 126 cm³/mol. The van der Waals surface area contributed by atoms with E-state index >= 15 is 0 Å². The first kappa shape index (κ1) is 24.2. The standard InChI is InChI=1S/C25H26N2O5S/c1-18-12-13-22(14-19(18)2)33(30,31)26-16-25(29)32-17-24(28)27-23-11-7-6-10-21(23)15-20-8-4-3-5-9-20/h3-14,26H,15-17H2,1-2H3,(H,27,28). The fourth-order valence-electron chi connectivity index (χ4n) is 3.11. The van der Waals surface area contributed by atoms with Crippen molar-refractivity contribution in [3.05, 3.63) is 95.1 Å². The van der Waals surface area contributed by atoms with Crippen molar-refractivity contribution in [2.45, 2.75) is 25.2 Å². The van der Waals surface area contributed by atoms with E-state index in [1.165, 1.54) is 12.1 Å². The molecule has 0 aliphatic heterocycles. The van der Waals surface area contributed by atoms with Gasteiger partial charge in [-0.3, -0.25) is 9.59 Å². The van der Waals surface area contributed by atoms with E-state index in [1.807, 2.05) is 49.4 Å². The van der Waals surface area contributed by atoms with E-state index in [0.717, 1.165) is 22.3 Å². The number of para-hydroxylation sites is 1. The summed E-state index contributed by atoms with van der Waals surface area (Å²) < 4.78 is 31.9. The van der Waals surface area contributed by atoms with Crippen molar-refractivity contribution in [2.75, 3.05) is 18.5 Å². The fraction of sp³-hybridized carbons (Fsp3) is 0.200. The van der Waals surface area contributed by atoms with E-state index in [0.29, 0.717) is 12.1 Å². The molecule has 0 heterocycles. The number of nitrogens with one attached hydrogen (secondary N) is 2. The van der Waals surface area contributed by atoms with Crippen LogP contribution in [0.2, 0.25) is 0 Å². The van der Waals surface area contributed by atoms with Crippen LogP contribution < -0.4 is 10.0 Å². The van der Waals surface area contributed by atoms with Crippen LogP contribution in [0.15, 0.2) is 77.7 Å². The quantitative estimate of drug-likeness (QED) is 0.471. The number of anilines is 1. The second-order valence-electron chi connectivity index (χ2n) is 7.60.